The number of imide groups is 1. The number of carboxylic acid groups (broad SMARTS) is 1. The van der Waals surface area contributed by atoms with Crippen molar-refractivity contribution in [3.63, 3.8) is 0 Å². The third-order valence-electron chi connectivity index (χ3n) is 9.01. The lowest BCUT2D eigenvalue weighted by Gasteiger charge is -2.36. The second kappa shape index (κ2) is 11.1. The van der Waals surface area contributed by atoms with E-state index in [0.717, 1.165) is 54.2 Å². The van der Waals surface area contributed by atoms with Crippen molar-refractivity contribution in [3.8, 4) is 5.75 Å². The van der Waals surface area contributed by atoms with Crippen molar-refractivity contribution in [2.24, 2.45) is 17.8 Å². The first kappa shape index (κ1) is 29.1. The minimum Gasteiger partial charge on any atom is -0.480 e. The van der Waals surface area contributed by atoms with Crippen LogP contribution in [0.1, 0.15) is 75.1 Å². The molecule has 41 heavy (non-hydrogen) atoms. The van der Waals surface area contributed by atoms with Crippen molar-refractivity contribution in [2.75, 3.05) is 4.90 Å². The number of rotatable bonds is 8. The highest BCUT2D eigenvalue weighted by molar-refractivity contribution is 6.25. The third kappa shape index (κ3) is 5.22. The lowest BCUT2D eigenvalue weighted by molar-refractivity contribution is -0.274. The number of aryl methyl sites for hydroxylation is 2. The number of carbonyl (C=O) groups is 3. The molecule has 2 heterocycles. The van der Waals surface area contributed by atoms with Crippen LogP contribution in [-0.2, 0) is 27.2 Å². The molecule has 2 saturated heterocycles. The van der Waals surface area contributed by atoms with Gasteiger partial charge in [0.25, 0.3) is 0 Å². The number of carbonyl (C=O) groups excluding carboxylic acids is 2. The molecule has 2 aliphatic heterocycles. The molecular formula is C31H35F3N2O5. The van der Waals surface area contributed by atoms with Gasteiger partial charge in [0, 0.05) is 6.04 Å². The van der Waals surface area contributed by atoms with Crippen molar-refractivity contribution in [3.05, 3.63) is 59.2 Å². The number of nitrogens with zero attached hydrogens (tertiary/aromatic N) is 1. The van der Waals surface area contributed by atoms with Crippen molar-refractivity contribution in [2.45, 2.75) is 83.2 Å². The number of amides is 2. The smallest absolute Gasteiger partial charge is 0.480 e. The molecule has 10 heteroatoms. The van der Waals surface area contributed by atoms with Gasteiger partial charge in [0.15, 0.2) is 0 Å². The fraction of sp³-hybridized carbons (Fsp3) is 0.516. The Balaban J connectivity index is 1.65. The molecule has 2 N–H and O–H groups in total. The maximum absolute atomic E-state index is 14.4. The standard InChI is InChI=1S/C31H35F3N2O5/c1-3-19-12-8-13-20(4-2)26(19)36-27(37)23-24(28(36)38)30(29(39)40,17-18-10-6-5-7-11-18)35-25(23)21-14-9-15-22(16-21)41-31(32,33)34/h8-9,12-16,18,23-25,35H,3-7,10-11,17H2,1-2H3,(H,39,40). The van der Waals surface area contributed by atoms with Gasteiger partial charge in [-0.05, 0) is 54.0 Å². The van der Waals surface area contributed by atoms with Gasteiger partial charge in [-0.2, -0.15) is 0 Å². The molecule has 7 nitrogen and oxygen atoms in total. The molecule has 220 valence electrons. The number of fused-ring (bicyclic) bond motifs is 1. The lowest BCUT2D eigenvalue weighted by atomic mass is 9.72. The highest BCUT2D eigenvalue weighted by Gasteiger charge is 2.69. The van der Waals surface area contributed by atoms with Gasteiger partial charge >= 0.3 is 12.3 Å². The number of ether oxygens (including phenoxy) is 1. The van der Waals surface area contributed by atoms with Gasteiger partial charge in [0.1, 0.15) is 11.3 Å². The summed E-state index contributed by atoms with van der Waals surface area (Å²) in [5.74, 6) is -5.12. The summed E-state index contributed by atoms with van der Waals surface area (Å²) < 4.78 is 43.2. The van der Waals surface area contributed by atoms with Crippen LogP contribution in [0, 0.1) is 17.8 Å². The minimum absolute atomic E-state index is 0.0396. The molecule has 2 aromatic carbocycles. The fourth-order valence-electron chi connectivity index (χ4n) is 7.24. The molecule has 4 unspecified atom stereocenters. The monoisotopic (exact) mass is 572 g/mol. The van der Waals surface area contributed by atoms with E-state index in [0.29, 0.717) is 18.5 Å². The molecule has 2 amide bonds. The zero-order valence-corrected chi connectivity index (χ0v) is 23.2. The summed E-state index contributed by atoms with van der Waals surface area (Å²) in [5.41, 5.74) is 0.587. The molecule has 2 aromatic rings. The number of carboxylic acids is 1. The average molecular weight is 573 g/mol. The molecular weight excluding hydrogens is 537 g/mol. The van der Waals surface area contributed by atoms with E-state index >= 15 is 0 Å². The number of nitrogens with one attached hydrogen (secondary N) is 1. The molecule has 1 saturated carbocycles. The summed E-state index contributed by atoms with van der Waals surface area (Å²) in [6.45, 7) is 3.84. The van der Waals surface area contributed by atoms with Crippen molar-refractivity contribution >= 4 is 23.5 Å². The number of hydrogen-bond donors (Lipinski definition) is 2. The van der Waals surface area contributed by atoms with Crippen LogP contribution in [0.3, 0.4) is 0 Å². The molecule has 0 spiro atoms. The summed E-state index contributed by atoms with van der Waals surface area (Å²) >= 11 is 0. The van der Waals surface area contributed by atoms with Crippen LogP contribution in [0.25, 0.3) is 0 Å². The Kier molecular flexibility index (Phi) is 7.89. The molecule has 3 fully saturated rings. The second-order valence-electron chi connectivity index (χ2n) is 11.4. The predicted octanol–water partition coefficient (Wildman–Crippen LogP) is 5.95. The fourth-order valence-corrected chi connectivity index (χ4v) is 7.24. The van der Waals surface area contributed by atoms with Crippen LogP contribution >= 0.6 is 0 Å². The SMILES string of the molecule is CCc1cccc(CC)c1N1C(=O)C2C(c3cccc(OC(F)(F)F)c3)NC(CC3CCCCC3)(C(=O)O)C2C1=O. The van der Waals surface area contributed by atoms with Crippen LogP contribution in [0.2, 0.25) is 0 Å². The number of hydrogen-bond acceptors (Lipinski definition) is 5. The number of alkyl halides is 3. The molecule has 5 rings (SSSR count). The summed E-state index contributed by atoms with van der Waals surface area (Å²) in [6, 6.07) is 9.79. The van der Waals surface area contributed by atoms with Gasteiger partial charge in [-0.25, -0.2) is 4.90 Å². The summed E-state index contributed by atoms with van der Waals surface area (Å²) in [5, 5.41) is 13.9. The van der Waals surface area contributed by atoms with Crippen LogP contribution < -0.4 is 15.0 Å². The normalized spacial score (nSPS) is 26.9. The Morgan fingerprint density at radius 1 is 1.02 bits per heavy atom. The van der Waals surface area contributed by atoms with E-state index in [1.165, 1.54) is 18.2 Å². The van der Waals surface area contributed by atoms with Gasteiger partial charge < -0.3 is 9.84 Å². The van der Waals surface area contributed by atoms with Gasteiger partial charge in [-0.1, -0.05) is 76.3 Å². The van der Waals surface area contributed by atoms with E-state index in [4.69, 9.17) is 0 Å². The minimum atomic E-state index is -4.92. The maximum atomic E-state index is 14.4. The third-order valence-corrected chi connectivity index (χ3v) is 9.01. The Hall–Kier alpha value is -3.40. The zero-order chi connectivity index (χ0) is 29.5. The van der Waals surface area contributed by atoms with E-state index < -0.39 is 53.3 Å². The van der Waals surface area contributed by atoms with Gasteiger partial charge in [-0.15, -0.1) is 13.2 Å². The van der Waals surface area contributed by atoms with Crippen LogP contribution in [-0.4, -0.2) is 34.8 Å². The van der Waals surface area contributed by atoms with Gasteiger partial charge in [-0.3, -0.25) is 19.7 Å². The number of anilines is 1. The highest BCUT2D eigenvalue weighted by atomic mass is 19.4. The Morgan fingerprint density at radius 3 is 2.24 bits per heavy atom. The Bertz CT molecular complexity index is 1320. The number of aliphatic carboxylic acids is 1. The Morgan fingerprint density at radius 2 is 1.66 bits per heavy atom. The van der Waals surface area contributed by atoms with E-state index in [1.54, 1.807) is 0 Å². The summed E-state index contributed by atoms with van der Waals surface area (Å²) in [4.78, 5) is 43.0. The zero-order valence-electron chi connectivity index (χ0n) is 23.2. The van der Waals surface area contributed by atoms with Crippen molar-refractivity contribution in [1.82, 2.24) is 5.32 Å². The average Bonchev–Trinajstić information content (AvgIpc) is 3.41. The first-order valence-electron chi connectivity index (χ1n) is 14.4. The predicted molar refractivity (Wildman–Crippen MR) is 145 cm³/mol. The van der Waals surface area contributed by atoms with E-state index in [9.17, 15) is 32.7 Å². The lowest BCUT2D eigenvalue weighted by Crippen LogP contribution is -2.57. The largest absolute Gasteiger partial charge is 0.573 e. The number of halogens is 3. The van der Waals surface area contributed by atoms with E-state index in [1.807, 2.05) is 32.0 Å². The summed E-state index contributed by atoms with van der Waals surface area (Å²) in [7, 11) is 0. The Labute approximate surface area is 237 Å². The number of para-hydroxylation sites is 1. The second-order valence-corrected chi connectivity index (χ2v) is 11.4. The first-order chi connectivity index (χ1) is 19.5. The van der Waals surface area contributed by atoms with E-state index in [2.05, 4.69) is 10.1 Å². The van der Waals surface area contributed by atoms with Crippen molar-refractivity contribution < 1.29 is 37.4 Å². The first-order valence-corrected chi connectivity index (χ1v) is 14.4. The maximum Gasteiger partial charge on any atom is 0.573 e. The number of benzene rings is 2. The van der Waals surface area contributed by atoms with Crippen LogP contribution in [0.5, 0.6) is 5.75 Å². The van der Waals surface area contributed by atoms with Crippen LogP contribution in [0.4, 0.5) is 18.9 Å². The molecule has 1 aliphatic carbocycles. The topological polar surface area (TPSA) is 95.9 Å². The quantitative estimate of drug-likeness (QED) is 0.380. The molecule has 3 aliphatic rings. The molecule has 0 radical (unpaired) electrons. The summed E-state index contributed by atoms with van der Waals surface area (Å²) in [6.07, 6.45) is 0.948. The van der Waals surface area contributed by atoms with Gasteiger partial charge in [0.05, 0.1) is 17.5 Å². The van der Waals surface area contributed by atoms with Crippen molar-refractivity contribution in [1.29, 1.82) is 0 Å². The highest BCUT2D eigenvalue weighted by Crippen LogP contribution is 2.53. The molecule has 4 atom stereocenters. The van der Waals surface area contributed by atoms with Gasteiger partial charge in [0.2, 0.25) is 11.8 Å². The molecule has 0 aromatic heterocycles. The molecule has 0 bridgehead atoms. The van der Waals surface area contributed by atoms with E-state index in [-0.39, 0.29) is 17.9 Å². The van der Waals surface area contributed by atoms with Crippen LogP contribution in [0.15, 0.2) is 42.5 Å².